The highest BCUT2D eigenvalue weighted by Crippen LogP contribution is 2.34. The third-order valence-electron chi connectivity index (χ3n) is 4.46. The molecule has 1 fully saturated rings. The highest BCUT2D eigenvalue weighted by Gasteiger charge is 2.23. The van der Waals surface area contributed by atoms with Gasteiger partial charge in [0.05, 0.1) is 12.8 Å². The van der Waals surface area contributed by atoms with Gasteiger partial charge in [-0.3, -0.25) is 4.57 Å². The summed E-state index contributed by atoms with van der Waals surface area (Å²) in [7, 11) is 1.71. The Morgan fingerprint density at radius 1 is 1.17 bits per heavy atom. The first-order valence-electron chi connectivity index (χ1n) is 8.75. The Kier molecular flexibility index (Phi) is 5.66. The third kappa shape index (κ3) is 3.53. The Hall–Kier alpha value is -1.69. The Morgan fingerprint density at radius 3 is 2.62 bits per heavy atom. The molecule has 0 radical (unpaired) electrons. The predicted molar refractivity (Wildman–Crippen MR) is 99.6 cm³/mol. The molecular formula is C18H26N4OS. The number of aromatic nitrogens is 3. The van der Waals surface area contributed by atoms with Crippen LogP contribution in [0.4, 0.5) is 5.95 Å². The zero-order valence-corrected chi connectivity index (χ0v) is 15.6. The van der Waals surface area contributed by atoms with Crippen molar-refractivity contribution in [2.24, 2.45) is 0 Å². The molecule has 1 aromatic carbocycles. The lowest BCUT2D eigenvalue weighted by Gasteiger charge is -2.28. The van der Waals surface area contributed by atoms with Crippen LogP contribution in [0.2, 0.25) is 0 Å². The van der Waals surface area contributed by atoms with Crippen LogP contribution in [0.15, 0.2) is 29.4 Å². The molecule has 2 aromatic rings. The molecule has 130 valence electrons. The van der Waals surface area contributed by atoms with E-state index in [0.29, 0.717) is 5.25 Å². The molecule has 0 N–H and O–H groups in total. The van der Waals surface area contributed by atoms with Crippen LogP contribution >= 0.6 is 11.8 Å². The smallest absolute Gasteiger partial charge is 0.232 e. The first-order chi connectivity index (χ1) is 11.7. The molecule has 1 saturated heterocycles. The van der Waals surface area contributed by atoms with Crippen LogP contribution in [0.3, 0.4) is 0 Å². The number of ether oxygens (including phenoxy) is 1. The van der Waals surface area contributed by atoms with Gasteiger partial charge in [-0.25, -0.2) is 0 Å². The molecule has 1 aliphatic heterocycles. The summed E-state index contributed by atoms with van der Waals surface area (Å²) >= 11 is 1.78. The zero-order valence-electron chi connectivity index (χ0n) is 14.7. The van der Waals surface area contributed by atoms with Crippen LogP contribution in [0.5, 0.6) is 5.75 Å². The van der Waals surface area contributed by atoms with E-state index in [1.54, 1.807) is 18.9 Å². The van der Waals surface area contributed by atoms with Crippen molar-refractivity contribution in [3.63, 3.8) is 0 Å². The minimum atomic E-state index is 0.497. The van der Waals surface area contributed by atoms with Crippen LogP contribution in [-0.2, 0) is 0 Å². The van der Waals surface area contributed by atoms with E-state index in [-0.39, 0.29) is 0 Å². The fourth-order valence-corrected chi connectivity index (χ4v) is 3.83. The quantitative estimate of drug-likeness (QED) is 0.735. The maximum Gasteiger partial charge on any atom is 0.232 e. The average Bonchev–Trinajstić information content (AvgIpc) is 3.05. The second-order valence-corrected chi connectivity index (χ2v) is 7.58. The van der Waals surface area contributed by atoms with Gasteiger partial charge in [-0.2, -0.15) is 0 Å². The van der Waals surface area contributed by atoms with Crippen molar-refractivity contribution in [2.45, 2.75) is 49.9 Å². The van der Waals surface area contributed by atoms with E-state index < -0.39 is 0 Å². The molecule has 0 bridgehead atoms. The van der Waals surface area contributed by atoms with Crippen LogP contribution in [0, 0.1) is 0 Å². The molecule has 0 amide bonds. The van der Waals surface area contributed by atoms with E-state index in [1.807, 2.05) is 18.2 Å². The molecule has 3 rings (SSSR count). The van der Waals surface area contributed by atoms with Crippen molar-refractivity contribution in [3.8, 4) is 11.4 Å². The van der Waals surface area contributed by atoms with Gasteiger partial charge in [-0.15, -0.1) is 10.2 Å². The molecule has 24 heavy (non-hydrogen) atoms. The van der Waals surface area contributed by atoms with E-state index in [1.165, 1.54) is 19.3 Å². The predicted octanol–water partition coefficient (Wildman–Crippen LogP) is 4.16. The van der Waals surface area contributed by atoms with Gasteiger partial charge in [0.2, 0.25) is 5.95 Å². The minimum Gasteiger partial charge on any atom is -0.495 e. The lowest BCUT2D eigenvalue weighted by atomic mass is 10.1. The summed E-state index contributed by atoms with van der Waals surface area (Å²) < 4.78 is 7.76. The van der Waals surface area contributed by atoms with Crippen molar-refractivity contribution >= 4 is 17.7 Å². The lowest BCUT2D eigenvalue weighted by Crippen LogP contribution is -2.31. The standard InChI is InChI=1S/C18H26N4OS/c1-4-14(2)24-18-20-19-17(21-12-8-5-9-13-21)22(18)15-10-6-7-11-16(15)23-3/h6-7,10-11,14H,4-5,8-9,12-13H2,1-3H3. The van der Waals surface area contributed by atoms with Crippen molar-refractivity contribution in [3.05, 3.63) is 24.3 Å². The van der Waals surface area contributed by atoms with Crippen molar-refractivity contribution in [1.82, 2.24) is 14.8 Å². The molecule has 1 unspecified atom stereocenters. The lowest BCUT2D eigenvalue weighted by molar-refractivity contribution is 0.412. The number of para-hydroxylation sites is 2. The summed E-state index contributed by atoms with van der Waals surface area (Å²) in [6.45, 7) is 6.52. The topological polar surface area (TPSA) is 43.2 Å². The van der Waals surface area contributed by atoms with Crippen molar-refractivity contribution in [1.29, 1.82) is 0 Å². The number of hydrogen-bond acceptors (Lipinski definition) is 5. The number of thioether (sulfide) groups is 1. The second-order valence-electron chi connectivity index (χ2n) is 6.17. The number of hydrogen-bond donors (Lipinski definition) is 0. The number of nitrogens with zero attached hydrogens (tertiary/aromatic N) is 4. The number of methoxy groups -OCH3 is 1. The van der Waals surface area contributed by atoms with Crippen molar-refractivity contribution < 1.29 is 4.74 Å². The third-order valence-corrected chi connectivity index (χ3v) is 5.67. The molecule has 0 aliphatic carbocycles. The monoisotopic (exact) mass is 346 g/mol. The fourth-order valence-electron chi connectivity index (χ4n) is 2.93. The number of anilines is 1. The van der Waals surface area contributed by atoms with Crippen molar-refractivity contribution in [2.75, 3.05) is 25.1 Å². The van der Waals surface area contributed by atoms with Gasteiger partial charge >= 0.3 is 0 Å². The van der Waals surface area contributed by atoms with Gasteiger partial charge in [0.1, 0.15) is 5.75 Å². The maximum absolute atomic E-state index is 5.59. The van der Waals surface area contributed by atoms with Crippen LogP contribution in [0.25, 0.3) is 5.69 Å². The Balaban J connectivity index is 2.06. The largest absolute Gasteiger partial charge is 0.495 e. The van der Waals surface area contributed by atoms with E-state index in [0.717, 1.165) is 42.1 Å². The van der Waals surface area contributed by atoms with E-state index in [9.17, 15) is 0 Å². The normalized spacial score (nSPS) is 16.2. The van der Waals surface area contributed by atoms with Gasteiger partial charge in [0.15, 0.2) is 5.16 Å². The Bertz CT molecular complexity index is 667. The number of piperidine rings is 1. The number of benzene rings is 1. The van der Waals surface area contributed by atoms with Gasteiger partial charge in [-0.05, 0) is 37.8 Å². The molecule has 5 nitrogen and oxygen atoms in total. The molecular weight excluding hydrogens is 320 g/mol. The Labute approximate surface area is 148 Å². The molecule has 1 aromatic heterocycles. The van der Waals surface area contributed by atoms with E-state index >= 15 is 0 Å². The summed E-state index contributed by atoms with van der Waals surface area (Å²) in [5.41, 5.74) is 1.01. The molecule has 0 saturated carbocycles. The molecule has 1 aliphatic rings. The van der Waals surface area contributed by atoms with Gasteiger partial charge < -0.3 is 9.64 Å². The summed E-state index contributed by atoms with van der Waals surface area (Å²) in [5.74, 6) is 1.78. The summed E-state index contributed by atoms with van der Waals surface area (Å²) in [4.78, 5) is 2.35. The number of rotatable bonds is 6. The van der Waals surface area contributed by atoms with E-state index in [2.05, 4.69) is 39.6 Å². The van der Waals surface area contributed by atoms with Crippen LogP contribution < -0.4 is 9.64 Å². The average molecular weight is 346 g/mol. The summed E-state index contributed by atoms with van der Waals surface area (Å²) in [5, 5.41) is 10.5. The van der Waals surface area contributed by atoms with Crippen LogP contribution in [0.1, 0.15) is 39.5 Å². The summed E-state index contributed by atoms with van der Waals surface area (Å²) in [6, 6.07) is 8.10. The fraction of sp³-hybridized carbons (Fsp3) is 0.556. The maximum atomic E-state index is 5.59. The van der Waals surface area contributed by atoms with Crippen LogP contribution in [-0.4, -0.2) is 40.2 Å². The van der Waals surface area contributed by atoms with Gasteiger partial charge in [0, 0.05) is 18.3 Å². The Morgan fingerprint density at radius 2 is 1.92 bits per heavy atom. The summed E-state index contributed by atoms with van der Waals surface area (Å²) in [6.07, 6.45) is 4.83. The van der Waals surface area contributed by atoms with E-state index in [4.69, 9.17) is 4.74 Å². The first-order valence-corrected chi connectivity index (χ1v) is 9.63. The zero-order chi connectivity index (χ0) is 16.9. The SMILES string of the molecule is CCC(C)Sc1nnc(N2CCCCC2)n1-c1ccccc1OC. The highest BCUT2D eigenvalue weighted by molar-refractivity contribution is 7.99. The minimum absolute atomic E-state index is 0.497. The van der Waals surface area contributed by atoms with Gasteiger partial charge in [-0.1, -0.05) is 37.7 Å². The molecule has 6 heteroatoms. The molecule has 1 atom stereocenters. The van der Waals surface area contributed by atoms with Gasteiger partial charge in [0.25, 0.3) is 0 Å². The first kappa shape index (κ1) is 17.1. The molecule has 2 heterocycles. The second kappa shape index (κ2) is 7.92. The molecule has 0 spiro atoms. The highest BCUT2D eigenvalue weighted by atomic mass is 32.2.